The zero-order valence-electron chi connectivity index (χ0n) is 15.8. The molecule has 0 spiro atoms. The molecule has 4 heteroatoms. The molecule has 0 saturated heterocycles. The molecule has 4 aromatic carbocycles. The van der Waals surface area contributed by atoms with E-state index in [1.54, 1.807) is 24.3 Å². The van der Waals surface area contributed by atoms with Gasteiger partial charge in [-0.3, -0.25) is 0 Å². The number of nitrogens with one attached hydrogen (secondary N) is 2. The van der Waals surface area contributed by atoms with Crippen LogP contribution >= 0.6 is 0 Å². The average molecular weight is 382 g/mol. The van der Waals surface area contributed by atoms with Crippen LogP contribution in [0.1, 0.15) is 10.4 Å². The van der Waals surface area contributed by atoms with Gasteiger partial charge in [-0.1, -0.05) is 66.7 Å². The summed E-state index contributed by atoms with van der Waals surface area (Å²) in [6, 6.07) is 36.6. The normalized spacial score (nSPS) is 9.66. The van der Waals surface area contributed by atoms with E-state index in [9.17, 15) is 4.79 Å². The number of hydrogen-bond donors (Lipinski definition) is 3. The number of anilines is 4. The Labute approximate surface area is 170 Å². The van der Waals surface area contributed by atoms with E-state index in [1.165, 1.54) is 0 Å². The summed E-state index contributed by atoms with van der Waals surface area (Å²) in [5.41, 5.74) is 3.98. The number of carboxylic acids is 1. The van der Waals surface area contributed by atoms with Crippen LogP contribution in [0.3, 0.4) is 0 Å². The van der Waals surface area contributed by atoms with Crippen molar-refractivity contribution in [2.45, 2.75) is 0 Å². The van der Waals surface area contributed by atoms with E-state index in [4.69, 9.17) is 5.11 Å². The lowest BCUT2D eigenvalue weighted by Gasteiger charge is -2.08. The van der Waals surface area contributed by atoms with Crippen LogP contribution in [-0.4, -0.2) is 11.1 Å². The van der Waals surface area contributed by atoms with Crippen molar-refractivity contribution in [3.63, 3.8) is 0 Å². The third-order valence-corrected chi connectivity index (χ3v) is 4.05. The summed E-state index contributed by atoms with van der Waals surface area (Å²) in [5, 5.41) is 15.4. The van der Waals surface area contributed by atoms with Gasteiger partial charge in [0.2, 0.25) is 0 Å². The molecule has 0 aliphatic carbocycles. The van der Waals surface area contributed by atoms with Gasteiger partial charge in [0, 0.05) is 17.1 Å². The third-order valence-electron chi connectivity index (χ3n) is 4.05. The van der Waals surface area contributed by atoms with Gasteiger partial charge in [0.1, 0.15) is 0 Å². The number of carbonyl (C=O) groups is 1. The third kappa shape index (κ3) is 6.26. The van der Waals surface area contributed by atoms with Gasteiger partial charge in [0.05, 0.1) is 11.3 Å². The first-order valence-electron chi connectivity index (χ1n) is 9.24. The van der Waals surface area contributed by atoms with Gasteiger partial charge >= 0.3 is 5.97 Å². The average Bonchev–Trinajstić information content (AvgIpc) is 2.77. The van der Waals surface area contributed by atoms with Crippen molar-refractivity contribution >= 4 is 28.7 Å². The number of rotatable bonds is 5. The highest BCUT2D eigenvalue weighted by Gasteiger charge is 2.08. The van der Waals surface area contributed by atoms with Crippen LogP contribution in [0.25, 0.3) is 0 Å². The first-order valence-corrected chi connectivity index (χ1v) is 9.24. The van der Waals surface area contributed by atoms with E-state index < -0.39 is 5.97 Å². The van der Waals surface area contributed by atoms with E-state index in [-0.39, 0.29) is 5.56 Å². The molecule has 4 rings (SSSR count). The topological polar surface area (TPSA) is 61.4 Å². The summed E-state index contributed by atoms with van der Waals surface area (Å²) < 4.78 is 0. The number of para-hydroxylation sites is 4. The molecule has 0 saturated carbocycles. The lowest BCUT2D eigenvalue weighted by Crippen LogP contribution is -2.01. The van der Waals surface area contributed by atoms with Crippen LogP contribution in [-0.2, 0) is 0 Å². The minimum Gasteiger partial charge on any atom is -0.478 e. The van der Waals surface area contributed by atoms with E-state index in [1.807, 2.05) is 91.0 Å². The summed E-state index contributed by atoms with van der Waals surface area (Å²) in [7, 11) is 0. The van der Waals surface area contributed by atoms with E-state index in [0.717, 1.165) is 17.1 Å². The highest BCUT2D eigenvalue weighted by Crippen LogP contribution is 2.20. The molecule has 0 heterocycles. The second-order valence-corrected chi connectivity index (χ2v) is 6.20. The Hall–Kier alpha value is -4.05. The molecule has 29 heavy (non-hydrogen) atoms. The molecule has 144 valence electrons. The fourth-order valence-corrected chi connectivity index (χ4v) is 2.67. The van der Waals surface area contributed by atoms with Gasteiger partial charge in [-0.2, -0.15) is 0 Å². The Morgan fingerprint density at radius 3 is 1.34 bits per heavy atom. The molecule has 4 aromatic rings. The maximum Gasteiger partial charge on any atom is 0.337 e. The van der Waals surface area contributed by atoms with E-state index >= 15 is 0 Å². The van der Waals surface area contributed by atoms with Crippen molar-refractivity contribution in [2.75, 3.05) is 10.6 Å². The quantitative estimate of drug-likeness (QED) is 0.366. The molecule has 0 atom stereocenters. The SMILES string of the molecule is O=C(O)c1ccccc1Nc1ccccc1.c1ccc(Nc2ccccc2)cc1. The van der Waals surface area contributed by atoms with Gasteiger partial charge in [-0.15, -0.1) is 0 Å². The van der Waals surface area contributed by atoms with Crippen molar-refractivity contribution in [1.29, 1.82) is 0 Å². The molecular weight excluding hydrogens is 360 g/mol. The second-order valence-electron chi connectivity index (χ2n) is 6.20. The van der Waals surface area contributed by atoms with Crippen molar-refractivity contribution in [3.8, 4) is 0 Å². The predicted octanol–water partition coefficient (Wildman–Crippen LogP) is 6.56. The van der Waals surface area contributed by atoms with Crippen LogP contribution in [0, 0.1) is 0 Å². The standard InChI is InChI=1S/C13H11NO2.C12H11N/c15-13(16)11-8-4-5-9-12(11)14-10-6-2-1-3-7-10;1-3-7-11(8-4-1)13-12-9-5-2-6-10-12/h1-9,14H,(H,15,16);1-10,13H. The van der Waals surface area contributed by atoms with Gasteiger partial charge in [0.15, 0.2) is 0 Å². The zero-order valence-corrected chi connectivity index (χ0v) is 15.8. The van der Waals surface area contributed by atoms with Gasteiger partial charge < -0.3 is 15.7 Å². The summed E-state index contributed by atoms with van der Waals surface area (Å²) in [6.07, 6.45) is 0. The molecule has 0 bridgehead atoms. The summed E-state index contributed by atoms with van der Waals surface area (Å²) in [5.74, 6) is -0.931. The Morgan fingerprint density at radius 2 is 0.897 bits per heavy atom. The maximum absolute atomic E-state index is 11.0. The highest BCUT2D eigenvalue weighted by molar-refractivity contribution is 5.95. The second kappa shape index (κ2) is 10.3. The zero-order chi connectivity index (χ0) is 20.3. The lowest BCUT2D eigenvalue weighted by atomic mass is 10.1. The minimum atomic E-state index is -0.931. The Kier molecular flexibility index (Phi) is 7.02. The monoisotopic (exact) mass is 382 g/mol. The Balaban J connectivity index is 0.000000169. The van der Waals surface area contributed by atoms with Crippen molar-refractivity contribution < 1.29 is 9.90 Å². The molecule has 0 radical (unpaired) electrons. The molecule has 0 unspecified atom stereocenters. The number of carboxylic acid groups (broad SMARTS) is 1. The van der Waals surface area contributed by atoms with Crippen LogP contribution in [0.4, 0.5) is 22.7 Å². The first-order chi connectivity index (χ1) is 14.2. The smallest absolute Gasteiger partial charge is 0.337 e. The van der Waals surface area contributed by atoms with Gasteiger partial charge in [-0.05, 0) is 48.5 Å². The van der Waals surface area contributed by atoms with Crippen LogP contribution < -0.4 is 10.6 Å². The molecule has 4 nitrogen and oxygen atoms in total. The van der Waals surface area contributed by atoms with Crippen LogP contribution in [0.15, 0.2) is 115 Å². The molecule has 0 aliphatic rings. The van der Waals surface area contributed by atoms with Gasteiger partial charge in [-0.25, -0.2) is 4.79 Å². The summed E-state index contributed by atoms with van der Waals surface area (Å²) >= 11 is 0. The van der Waals surface area contributed by atoms with Crippen LogP contribution in [0.2, 0.25) is 0 Å². The van der Waals surface area contributed by atoms with Crippen molar-refractivity contribution in [2.24, 2.45) is 0 Å². The molecule has 3 N–H and O–H groups in total. The molecule has 0 aromatic heterocycles. The Bertz CT molecular complexity index is 983. The van der Waals surface area contributed by atoms with Gasteiger partial charge in [0.25, 0.3) is 0 Å². The lowest BCUT2D eigenvalue weighted by molar-refractivity contribution is 0.0698. The molecule has 0 fully saturated rings. The molecular formula is C25H22N2O2. The van der Waals surface area contributed by atoms with E-state index in [0.29, 0.717) is 5.69 Å². The number of hydrogen-bond acceptors (Lipinski definition) is 3. The first kappa shape index (κ1) is 19.7. The van der Waals surface area contributed by atoms with Crippen molar-refractivity contribution in [1.82, 2.24) is 0 Å². The fourth-order valence-electron chi connectivity index (χ4n) is 2.67. The fraction of sp³-hybridized carbons (Fsp3) is 0. The minimum absolute atomic E-state index is 0.270. The number of aromatic carboxylic acids is 1. The maximum atomic E-state index is 11.0. The number of benzene rings is 4. The highest BCUT2D eigenvalue weighted by atomic mass is 16.4. The summed E-state index contributed by atoms with van der Waals surface area (Å²) in [4.78, 5) is 11.0. The predicted molar refractivity (Wildman–Crippen MR) is 119 cm³/mol. The Morgan fingerprint density at radius 1 is 0.517 bits per heavy atom. The molecule has 0 amide bonds. The molecule has 0 aliphatic heterocycles. The largest absolute Gasteiger partial charge is 0.478 e. The van der Waals surface area contributed by atoms with Crippen molar-refractivity contribution in [3.05, 3.63) is 121 Å². The summed E-state index contributed by atoms with van der Waals surface area (Å²) in [6.45, 7) is 0. The van der Waals surface area contributed by atoms with E-state index in [2.05, 4.69) is 10.6 Å². The van der Waals surface area contributed by atoms with Crippen LogP contribution in [0.5, 0.6) is 0 Å².